The topological polar surface area (TPSA) is 109 Å². The second-order valence-electron chi connectivity index (χ2n) is 8.26. The van der Waals surface area contributed by atoms with Crippen LogP contribution < -0.4 is 0 Å². The van der Waals surface area contributed by atoms with Crippen molar-refractivity contribution >= 4 is 31.9 Å². The van der Waals surface area contributed by atoms with Crippen molar-refractivity contribution in [3.8, 4) is 0 Å². The summed E-state index contributed by atoms with van der Waals surface area (Å²) in [5, 5.41) is 0. The highest BCUT2D eigenvalue weighted by Crippen LogP contribution is 2.22. The zero-order valence-electron chi connectivity index (χ0n) is 20.8. The fourth-order valence-electron chi connectivity index (χ4n) is 3.09. The first-order valence-electron chi connectivity index (χ1n) is 10.9. The molecule has 192 valence electrons. The van der Waals surface area contributed by atoms with Crippen LogP contribution >= 0.6 is 0 Å². The minimum Gasteiger partial charge on any atom is -0.268 e. The van der Waals surface area contributed by atoms with Crippen LogP contribution in [0.1, 0.15) is 25.0 Å². The van der Waals surface area contributed by atoms with Crippen LogP contribution in [-0.2, 0) is 29.6 Å². The Hall–Kier alpha value is -3.50. The van der Waals surface area contributed by atoms with Gasteiger partial charge < -0.3 is 0 Å². The van der Waals surface area contributed by atoms with Crippen molar-refractivity contribution in [1.82, 2.24) is 8.61 Å². The number of rotatable bonds is 7. The van der Waals surface area contributed by atoms with Crippen molar-refractivity contribution < 1.29 is 26.4 Å². The molecule has 8 nitrogen and oxygen atoms in total. The van der Waals surface area contributed by atoms with Gasteiger partial charge in [0, 0.05) is 11.1 Å². The predicted octanol–water partition coefficient (Wildman–Crippen LogP) is 3.75. The Bertz CT molecular complexity index is 1410. The lowest BCUT2D eigenvalue weighted by Gasteiger charge is -2.21. The average molecular weight is 531 g/mol. The van der Waals surface area contributed by atoms with Crippen LogP contribution in [0.25, 0.3) is 0 Å². The summed E-state index contributed by atoms with van der Waals surface area (Å²) in [6, 6.07) is 12.8. The molecule has 2 aromatic carbocycles. The largest absolute Gasteiger partial charge is 0.268 e. The summed E-state index contributed by atoms with van der Waals surface area (Å²) in [6.45, 7) is 13.8. The van der Waals surface area contributed by atoms with E-state index < -0.39 is 31.9 Å². The third kappa shape index (κ3) is 6.38. The van der Waals surface area contributed by atoms with E-state index in [1.807, 2.05) is 13.8 Å². The predicted molar refractivity (Wildman–Crippen MR) is 139 cm³/mol. The van der Waals surface area contributed by atoms with E-state index in [0.717, 1.165) is 19.7 Å². The van der Waals surface area contributed by atoms with Gasteiger partial charge in [-0.3, -0.25) is 9.59 Å². The summed E-state index contributed by atoms with van der Waals surface area (Å²) in [6.07, 6.45) is 2.99. The Labute approximate surface area is 213 Å². The molecule has 0 unspecified atom stereocenters. The standard InChI is InChI=1S/C14H17NO3S.C12H13NO3S/c1-5-10-15(14(16)11(2)3)19(17,18)13-8-6-12(4)7-9-13;1-9-3-5-11(6-4-9)17(15,16)13-8-7-10(2)12(13)14/h5-9H,1-2,10H2,3-4H3;3-7H,8H2,1-2H3. The first kappa shape index (κ1) is 28.7. The number of carbonyl (C=O) groups excluding carboxylic acids is 2. The molecule has 0 N–H and O–H groups in total. The Kier molecular flexibility index (Phi) is 9.17. The second-order valence-corrected chi connectivity index (χ2v) is 12.0. The number of hydrogen-bond acceptors (Lipinski definition) is 6. The molecule has 2 amide bonds. The number of amides is 2. The Morgan fingerprint density at radius 2 is 1.42 bits per heavy atom. The van der Waals surface area contributed by atoms with Gasteiger partial charge in [0.1, 0.15) is 0 Å². The van der Waals surface area contributed by atoms with Crippen LogP contribution in [0.2, 0.25) is 0 Å². The van der Waals surface area contributed by atoms with Crippen LogP contribution in [0.4, 0.5) is 0 Å². The summed E-state index contributed by atoms with van der Waals surface area (Å²) in [7, 11) is -7.58. The third-order valence-electron chi connectivity index (χ3n) is 5.23. The summed E-state index contributed by atoms with van der Waals surface area (Å²) in [4.78, 5) is 23.8. The number of carbonyl (C=O) groups is 2. The quantitative estimate of drug-likeness (QED) is 0.399. The van der Waals surface area contributed by atoms with Gasteiger partial charge in [-0.25, -0.2) is 25.4 Å². The molecule has 10 heteroatoms. The molecule has 3 rings (SSSR count). The third-order valence-corrected chi connectivity index (χ3v) is 8.76. The van der Waals surface area contributed by atoms with Gasteiger partial charge in [0.15, 0.2) is 0 Å². The lowest BCUT2D eigenvalue weighted by Crippen LogP contribution is -2.37. The lowest BCUT2D eigenvalue weighted by molar-refractivity contribution is -0.122. The van der Waals surface area contributed by atoms with Crippen molar-refractivity contribution in [1.29, 1.82) is 0 Å². The molecule has 0 bridgehead atoms. The maximum Gasteiger partial charge on any atom is 0.267 e. The molecular formula is C26H30N2O6S2. The van der Waals surface area contributed by atoms with Gasteiger partial charge in [-0.05, 0) is 52.0 Å². The number of nitrogens with zero attached hydrogens (tertiary/aromatic N) is 2. The molecule has 0 radical (unpaired) electrons. The molecular weight excluding hydrogens is 500 g/mol. The molecule has 1 aliphatic heterocycles. The van der Waals surface area contributed by atoms with Crippen LogP contribution in [0, 0.1) is 13.8 Å². The highest BCUT2D eigenvalue weighted by molar-refractivity contribution is 7.90. The number of aryl methyl sites for hydroxylation is 2. The molecule has 0 atom stereocenters. The summed E-state index contributed by atoms with van der Waals surface area (Å²) < 4.78 is 50.8. The maximum atomic E-state index is 12.4. The van der Waals surface area contributed by atoms with Crippen molar-refractivity contribution in [3.05, 3.63) is 96.1 Å². The van der Waals surface area contributed by atoms with Gasteiger partial charge in [0.05, 0.1) is 22.9 Å². The van der Waals surface area contributed by atoms with Crippen molar-refractivity contribution in [2.45, 2.75) is 37.5 Å². The lowest BCUT2D eigenvalue weighted by atomic mass is 10.2. The van der Waals surface area contributed by atoms with Crippen LogP contribution in [-0.4, -0.2) is 50.3 Å². The van der Waals surface area contributed by atoms with E-state index >= 15 is 0 Å². The van der Waals surface area contributed by atoms with Gasteiger partial charge in [0.2, 0.25) is 0 Å². The molecule has 1 heterocycles. The second kappa shape index (κ2) is 11.5. The number of sulfonamides is 2. The maximum absolute atomic E-state index is 12.4. The van der Waals surface area contributed by atoms with Crippen LogP contribution in [0.5, 0.6) is 0 Å². The fraction of sp³-hybridized carbons (Fsp3) is 0.231. The molecule has 1 aliphatic rings. The highest BCUT2D eigenvalue weighted by atomic mass is 32.2. The van der Waals surface area contributed by atoms with Crippen LogP contribution in [0.15, 0.2) is 94.8 Å². The van der Waals surface area contributed by atoms with Gasteiger partial charge >= 0.3 is 0 Å². The van der Waals surface area contributed by atoms with Gasteiger partial charge in [-0.1, -0.05) is 54.1 Å². The van der Waals surface area contributed by atoms with E-state index in [1.165, 1.54) is 37.3 Å². The van der Waals surface area contributed by atoms with Crippen molar-refractivity contribution in [2.24, 2.45) is 0 Å². The van der Waals surface area contributed by atoms with E-state index in [1.54, 1.807) is 37.3 Å². The SMILES string of the molecule is C=CCN(C(=O)C(=C)C)S(=O)(=O)c1ccc(C)cc1.CC1=CCN(S(=O)(=O)c2ccc(C)cc2)C1=O. The zero-order chi connectivity index (χ0) is 27.3. The first-order chi connectivity index (χ1) is 16.7. The Morgan fingerprint density at radius 3 is 1.81 bits per heavy atom. The van der Waals surface area contributed by atoms with E-state index in [2.05, 4.69) is 13.2 Å². The normalized spacial score (nSPS) is 13.4. The summed E-state index contributed by atoms with van der Waals surface area (Å²) >= 11 is 0. The Balaban J connectivity index is 0.000000255. The molecule has 2 aromatic rings. The number of benzene rings is 2. The minimum absolute atomic E-state index is 0.0783. The summed E-state index contributed by atoms with van der Waals surface area (Å²) in [5.74, 6) is -1.06. The van der Waals surface area contributed by atoms with Gasteiger partial charge in [-0.15, -0.1) is 6.58 Å². The van der Waals surface area contributed by atoms with E-state index in [0.29, 0.717) is 5.57 Å². The number of hydrogen-bond donors (Lipinski definition) is 0. The summed E-state index contributed by atoms with van der Waals surface area (Å²) in [5.41, 5.74) is 2.56. The zero-order valence-corrected chi connectivity index (χ0v) is 22.4. The first-order valence-corrected chi connectivity index (χ1v) is 13.8. The smallest absolute Gasteiger partial charge is 0.267 e. The molecule has 0 aliphatic carbocycles. The highest BCUT2D eigenvalue weighted by Gasteiger charge is 2.32. The molecule has 0 spiro atoms. The molecule has 36 heavy (non-hydrogen) atoms. The van der Waals surface area contributed by atoms with E-state index in [-0.39, 0.29) is 28.5 Å². The van der Waals surface area contributed by atoms with E-state index in [4.69, 9.17) is 0 Å². The Morgan fingerprint density at radius 1 is 0.944 bits per heavy atom. The fourth-order valence-corrected chi connectivity index (χ4v) is 5.87. The molecule has 0 saturated carbocycles. The van der Waals surface area contributed by atoms with Crippen molar-refractivity contribution in [3.63, 3.8) is 0 Å². The van der Waals surface area contributed by atoms with E-state index in [9.17, 15) is 26.4 Å². The van der Waals surface area contributed by atoms with Gasteiger partial charge in [-0.2, -0.15) is 0 Å². The van der Waals surface area contributed by atoms with Crippen LogP contribution in [0.3, 0.4) is 0 Å². The van der Waals surface area contributed by atoms with Gasteiger partial charge in [0.25, 0.3) is 31.9 Å². The minimum atomic E-state index is -3.87. The monoisotopic (exact) mass is 530 g/mol. The molecule has 0 saturated heterocycles. The molecule has 0 aromatic heterocycles. The molecule has 0 fully saturated rings. The van der Waals surface area contributed by atoms with Crippen molar-refractivity contribution in [2.75, 3.05) is 13.1 Å². The average Bonchev–Trinajstić information content (AvgIpc) is 3.16.